The molecule has 1 saturated heterocycles. The Kier molecular flexibility index (Phi) is 7.73. The van der Waals surface area contributed by atoms with Crippen molar-refractivity contribution in [3.05, 3.63) is 11.8 Å². The van der Waals surface area contributed by atoms with Crippen LogP contribution in [0.2, 0.25) is 0 Å². The highest BCUT2D eigenvalue weighted by Crippen LogP contribution is 2.89. The van der Waals surface area contributed by atoms with Gasteiger partial charge in [-0.25, -0.2) is 0 Å². The van der Waals surface area contributed by atoms with E-state index in [1.165, 1.54) is 6.92 Å². The van der Waals surface area contributed by atoms with Crippen molar-refractivity contribution in [3.8, 4) is 0 Å². The summed E-state index contributed by atoms with van der Waals surface area (Å²) in [6.07, 6.45) is 2.08. The molecule has 0 amide bonds. The molecule has 266 valence electrons. The number of esters is 1. The quantitative estimate of drug-likeness (QED) is 0.218. The molecular formula is C37H58O10. The van der Waals surface area contributed by atoms with Gasteiger partial charge in [-0.2, -0.15) is 0 Å². The summed E-state index contributed by atoms with van der Waals surface area (Å²) < 4.78 is 25.2. The fourth-order valence-electron chi connectivity index (χ4n) is 13.2. The Bertz CT molecular complexity index is 1310. The number of hydrogen-bond acceptors (Lipinski definition) is 10. The molecule has 0 unspecified atom stereocenters. The van der Waals surface area contributed by atoms with Gasteiger partial charge in [0.15, 0.2) is 6.29 Å². The van der Waals surface area contributed by atoms with Crippen molar-refractivity contribution in [2.75, 3.05) is 6.61 Å². The highest BCUT2D eigenvalue weighted by Gasteiger charge is 2.85. The first-order valence-corrected chi connectivity index (χ1v) is 18.0. The van der Waals surface area contributed by atoms with Gasteiger partial charge in [0.05, 0.1) is 18.3 Å². The molecule has 6 fully saturated rings. The van der Waals surface area contributed by atoms with Gasteiger partial charge in [-0.05, 0) is 104 Å². The molecule has 0 aromatic rings. The fraction of sp³-hybridized carbons (Fsp3) is 0.919. The summed E-state index contributed by atoms with van der Waals surface area (Å²) >= 11 is 0. The largest absolute Gasteiger partial charge is 0.492 e. The lowest BCUT2D eigenvalue weighted by atomic mass is 9.41. The van der Waals surface area contributed by atoms with Crippen LogP contribution in [0.15, 0.2) is 11.8 Å². The highest BCUT2D eigenvalue weighted by molar-refractivity contribution is 5.66. The van der Waals surface area contributed by atoms with E-state index < -0.39 is 36.3 Å². The summed E-state index contributed by atoms with van der Waals surface area (Å²) in [5, 5.41) is 52.5. The lowest BCUT2D eigenvalue weighted by Crippen LogP contribution is -2.63. The van der Waals surface area contributed by atoms with Crippen molar-refractivity contribution >= 4 is 5.97 Å². The number of carbonyl (C=O) groups is 1. The summed E-state index contributed by atoms with van der Waals surface area (Å²) in [5.74, 6) is 1.12. The smallest absolute Gasteiger partial charge is 0.302 e. The third-order valence-corrected chi connectivity index (χ3v) is 15.4. The lowest BCUT2D eigenvalue weighted by molar-refractivity contribution is -0.303. The standard InChI is InChI=1S/C37H58O10/c1-18-13-21(30(42)33(5,6)43)46-22-14-34(7)24-10-9-23-32(3,4)25(47-31-29(41)28(40)20(39)16-44-31)11-12-36(23)17-37(24,36)15-26(45-19(2)38)35(34,8)27(18)22/h13,18,20,22-31,39-43H,9-12,14-17H2,1-8H3/t18-,20-,22+,23+,24+,25+,26-,27+,28+,29-,30+,31+,34+,35-,36-,37+/m1/s1. The molecule has 2 heterocycles. The molecule has 7 aliphatic rings. The Morgan fingerprint density at radius 2 is 1.68 bits per heavy atom. The lowest BCUT2D eigenvalue weighted by Gasteiger charge is -2.65. The monoisotopic (exact) mass is 662 g/mol. The van der Waals surface area contributed by atoms with Gasteiger partial charge >= 0.3 is 5.97 Å². The van der Waals surface area contributed by atoms with E-state index in [1.54, 1.807) is 13.8 Å². The Morgan fingerprint density at radius 1 is 1.00 bits per heavy atom. The molecule has 10 heteroatoms. The van der Waals surface area contributed by atoms with Crippen molar-refractivity contribution in [2.24, 2.45) is 50.7 Å². The van der Waals surface area contributed by atoms with Crippen LogP contribution in [0.4, 0.5) is 0 Å². The zero-order valence-corrected chi connectivity index (χ0v) is 29.4. The molecule has 0 radical (unpaired) electrons. The van der Waals surface area contributed by atoms with E-state index in [1.807, 2.05) is 6.08 Å². The molecular weight excluding hydrogens is 604 g/mol. The van der Waals surface area contributed by atoms with Crippen LogP contribution >= 0.6 is 0 Å². The van der Waals surface area contributed by atoms with Crippen LogP contribution in [0.5, 0.6) is 0 Å². The minimum atomic E-state index is -1.34. The summed E-state index contributed by atoms with van der Waals surface area (Å²) in [6.45, 7) is 16.1. The van der Waals surface area contributed by atoms with E-state index in [0.717, 1.165) is 44.9 Å². The van der Waals surface area contributed by atoms with E-state index in [4.69, 9.17) is 18.9 Å². The Morgan fingerprint density at radius 3 is 2.34 bits per heavy atom. The number of aliphatic hydroxyl groups is 5. The second kappa shape index (κ2) is 10.6. The first-order chi connectivity index (χ1) is 21.7. The summed E-state index contributed by atoms with van der Waals surface area (Å²) in [5.41, 5.74) is -1.98. The van der Waals surface area contributed by atoms with Crippen LogP contribution in [0.25, 0.3) is 0 Å². The SMILES string of the molecule is CC(=O)O[C@@H]1C[C@@]23C[C@@]24CC[C@H](O[C@@H]2OC[C@@H](O)[C@H](O)[C@H]2O)C(C)(C)[C@@H]4CC[C@H]3[C@]2(C)C[C@@H]3OC([C@H](O)C(C)(C)O)=C[C@@H](C)[C@@H]3[C@@]12C. The maximum Gasteiger partial charge on any atom is 0.302 e. The van der Waals surface area contributed by atoms with Gasteiger partial charge in [0.1, 0.15) is 42.4 Å². The van der Waals surface area contributed by atoms with E-state index >= 15 is 0 Å². The van der Waals surface area contributed by atoms with Gasteiger partial charge in [-0.15, -0.1) is 0 Å². The van der Waals surface area contributed by atoms with E-state index in [2.05, 4.69) is 34.6 Å². The Hall–Kier alpha value is -1.27. The highest BCUT2D eigenvalue weighted by atomic mass is 16.7. The van der Waals surface area contributed by atoms with Gasteiger partial charge in [0.25, 0.3) is 0 Å². The van der Waals surface area contributed by atoms with Gasteiger partial charge in [-0.3, -0.25) is 4.79 Å². The van der Waals surface area contributed by atoms with Crippen molar-refractivity contribution in [3.63, 3.8) is 0 Å². The number of hydrogen-bond donors (Lipinski definition) is 5. The summed E-state index contributed by atoms with van der Waals surface area (Å²) in [7, 11) is 0. The average molecular weight is 663 g/mol. The molecule has 5 saturated carbocycles. The van der Waals surface area contributed by atoms with Crippen molar-refractivity contribution < 1.29 is 49.3 Å². The number of aliphatic hydroxyl groups excluding tert-OH is 4. The normalized spacial score (nSPS) is 53.6. The molecule has 7 rings (SSSR count). The molecule has 0 aromatic carbocycles. The van der Waals surface area contributed by atoms with Crippen LogP contribution in [-0.4, -0.2) is 92.7 Å². The minimum Gasteiger partial charge on any atom is -0.492 e. The van der Waals surface area contributed by atoms with Gasteiger partial charge in [-0.1, -0.05) is 34.6 Å². The third-order valence-electron chi connectivity index (χ3n) is 15.4. The Balaban J connectivity index is 1.20. The number of carbonyl (C=O) groups excluding carboxylic acids is 1. The predicted octanol–water partition coefficient (Wildman–Crippen LogP) is 3.45. The van der Waals surface area contributed by atoms with Crippen molar-refractivity contribution in [2.45, 2.75) is 155 Å². The molecule has 5 aliphatic carbocycles. The minimum absolute atomic E-state index is 0.0211. The fourth-order valence-corrected chi connectivity index (χ4v) is 13.2. The number of fused-ring (bicyclic) bond motifs is 4. The van der Waals surface area contributed by atoms with Gasteiger partial charge < -0.3 is 44.5 Å². The molecule has 0 bridgehead atoms. The molecule has 2 spiro atoms. The van der Waals surface area contributed by atoms with Crippen LogP contribution in [0.1, 0.15) is 100 Å². The molecule has 47 heavy (non-hydrogen) atoms. The molecule has 5 N–H and O–H groups in total. The maximum atomic E-state index is 12.8. The van der Waals surface area contributed by atoms with Crippen LogP contribution in [0, 0.1) is 50.7 Å². The van der Waals surface area contributed by atoms with Crippen LogP contribution < -0.4 is 0 Å². The van der Waals surface area contributed by atoms with Crippen molar-refractivity contribution in [1.29, 1.82) is 0 Å². The first kappa shape index (κ1) is 34.2. The van der Waals surface area contributed by atoms with E-state index in [-0.39, 0.29) is 69.8 Å². The van der Waals surface area contributed by atoms with Crippen LogP contribution in [0.3, 0.4) is 0 Å². The maximum absolute atomic E-state index is 12.8. The summed E-state index contributed by atoms with van der Waals surface area (Å²) in [4.78, 5) is 12.8. The van der Waals surface area contributed by atoms with Gasteiger partial charge in [0.2, 0.25) is 0 Å². The molecule has 16 atom stereocenters. The number of rotatable bonds is 5. The zero-order valence-electron chi connectivity index (χ0n) is 29.4. The zero-order chi connectivity index (χ0) is 34.3. The number of allylic oxidation sites excluding steroid dienone is 1. The van der Waals surface area contributed by atoms with Gasteiger partial charge in [0, 0.05) is 18.3 Å². The predicted molar refractivity (Wildman–Crippen MR) is 170 cm³/mol. The van der Waals surface area contributed by atoms with Crippen molar-refractivity contribution in [1.82, 2.24) is 0 Å². The first-order valence-electron chi connectivity index (χ1n) is 18.0. The number of ether oxygens (including phenoxy) is 4. The topological polar surface area (TPSA) is 155 Å². The van der Waals surface area contributed by atoms with E-state index in [0.29, 0.717) is 17.6 Å². The Labute approximate surface area is 279 Å². The second-order valence-electron chi connectivity index (χ2n) is 18.3. The molecule has 10 nitrogen and oxygen atoms in total. The van der Waals surface area contributed by atoms with E-state index in [9.17, 15) is 30.3 Å². The molecule has 0 aromatic heterocycles. The average Bonchev–Trinajstić information content (AvgIpc) is 3.55. The second-order valence-corrected chi connectivity index (χ2v) is 18.3. The van der Waals surface area contributed by atoms with Crippen LogP contribution in [-0.2, 0) is 23.7 Å². The molecule has 2 aliphatic heterocycles. The summed E-state index contributed by atoms with van der Waals surface area (Å²) in [6, 6.07) is 0. The third kappa shape index (κ3) is 4.50.